The van der Waals surface area contributed by atoms with Crippen LogP contribution in [0.25, 0.3) is 0 Å². The number of hydrogen-bond donors (Lipinski definition) is 1. The fourth-order valence-corrected chi connectivity index (χ4v) is 3.07. The van der Waals surface area contributed by atoms with Crippen molar-refractivity contribution in [1.82, 2.24) is 10.3 Å². The molecule has 0 amide bonds. The van der Waals surface area contributed by atoms with Gasteiger partial charge in [0.2, 0.25) is 0 Å². The molecule has 4 rings (SSSR count). The number of nitrogens with one attached hydrogen (secondary N) is 1. The summed E-state index contributed by atoms with van der Waals surface area (Å²) < 4.78 is 19.0. The Kier molecular flexibility index (Phi) is 4.60. The minimum Gasteiger partial charge on any atom is -0.486 e. The van der Waals surface area contributed by atoms with Crippen molar-refractivity contribution in [2.45, 2.75) is 12.1 Å². The quantitative estimate of drug-likeness (QED) is 0.756. The summed E-state index contributed by atoms with van der Waals surface area (Å²) in [6.07, 6.45) is 3.59. The number of aromatic nitrogens is 1. The van der Waals surface area contributed by atoms with E-state index in [1.54, 1.807) is 18.3 Å². The van der Waals surface area contributed by atoms with Crippen LogP contribution >= 0.6 is 0 Å². The van der Waals surface area contributed by atoms with E-state index in [9.17, 15) is 4.39 Å². The summed E-state index contributed by atoms with van der Waals surface area (Å²) in [7, 11) is 0. The highest BCUT2D eigenvalue weighted by Gasteiger charge is 2.31. The molecule has 5 heteroatoms. The van der Waals surface area contributed by atoms with Gasteiger partial charge in [0.25, 0.3) is 0 Å². The standard InChI is InChI=1S/C21H18FN3O/c22-17-9-4-10-18(12-17)26-14-19-24-20(15-6-2-1-3-7-15)21(25-19)16-8-5-11-23-13-16/h1-13,20-21H,14H2,(H,24,25). The summed E-state index contributed by atoms with van der Waals surface area (Å²) in [6, 6.07) is 20.1. The molecule has 26 heavy (non-hydrogen) atoms. The van der Waals surface area contributed by atoms with Crippen LogP contribution in [0.1, 0.15) is 23.2 Å². The van der Waals surface area contributed by atoms with Crippen LogP contribution in [0.15, 0.2) is 84.1 Å². The largest absolute Gasteiger partial charge is 0.486 e. The van der Waals surface area contributed by atoms with Crippen molar-refractivity contribution in [3.05, 3.63) is 96.1 Å². The third-order valence-corrected chi connectivity index (χ3v) is 4.29. The molecule has 130 valence electrons. The fraction of sp³-hybridized carbons (Fsp3) is 0.143. The van der Waals surface area contributed by atoms with Gasteiger partial charge in [0.15, 0.2) is 0 Å². The smallest absolute Gasteiger partial charge is 0.145 e. The van der Waals surface area contributed by atoms with Crippen molar-refractivity contribution in [3.63, 3.8) is 0 Å². The second-order valence-corrected chi connectivity index (χ2v) is 6.09. The normalized spacial score (nSPS) is 18.9. The Bertz CT molecular complexity index is 899. The molecule has 2 aromatic carbocycles. The lowest BCUT2D eigenvalue weighted by atomic mass is 9.96. The molecule has 0 fully saturated rings. The van der Waals surface area contributed by atoms with E-state index in [0.717, 1.165) is 17.0 Å². The van der Waals surface area contributed by atoms with Gasteiger partial charge in [0.05, 0.1) is 6.04 Å². The van der Waals surface area contributed by atoms with E-state index in [1.807, 2.05) is 36.5 Å². The monoisotopic (exact) mass is 347 g/mol. The molecule has 3 aromatic rings. The van der Waals surface area contributed by atoms with Gasteiger partial charge in [0, 0.05) is 18.5 Å². The maximum Gasteiger partial charge on any atom is 0.145 e. The minimum absolute atomic E-state index is 0.00603. The molecule has 0 saturated carbocycles. The van der Waals surface area contributed by atoms with Crippen molar-refractivity contribution < 1.29 is 9.13 Å². The number of pyridine rings is 1. The van der Waals surface area contributed by atoms with E-state index in [4.69, 9.17) is 9.73 Å². The molecule has 4 nitrogen and oxygen atoms in total. The van der Waals surface area contributed by atoms with Gasteiger partial charge in [0.1, 0.15) is 30.1 Å². The number of nitrogens with zero attached hydrogens (tertiary/aromatic N) is 2. The van der Waals surface area contributed by atoms with Crippen molar-refractivity contribution in [3.8, 4) is 5.75 Å². The first-order valence-electron chi connectivity index (χ1n) is 8.46. The van der Waals surface area contributed by atoms with Crippen LogP contribution in [0.2, 0.25) is 0 Å². The average Bonchev–Trinajstić information content (AvgIpc) is 3.12. The molecule has 0 aliphatic carbocycles. The molecular formula is C21H18FN3O. The summed E-state index contributed by atoms with van der Waals surface area (Å²) >= 11 is 0. The zero-order chi connectivity index (χ0) is 17.8. The van der Waals surface area contributed by atoms with E-state index in [0.29, 0.717) is 5.75 Å². The van der Waals surface area contributed by atoms with Crippen molar-refractivity contribution in [2.75, 3.05) is 6.61 Å². The summed E-state index contributed by atoms with van der Waals surface area (Å²) in [4.78, 5) is 9.02. The van der Waals surface area contributed by atoms with E-state index < -0.39 is 0 Å². The molecule has 1 N–H and O–H groups in total. The van der Waals surface area contributed by atoms with E-state index in [2.05, 4.69) is 22.4 Å². The van der Waals surface area contributed by atoms with Gasteiger partial charge in [-0.05, 0) is 29.3 Å². The summed E-state index contributed by atoms with van der Waals surface area (Å²) in [6.45, 7) is 0.254. The van der Waals surface area contributed by atoms with Crippen LogP contribution in [0, 0.1) is 5.82 Å². The number of benzene rings is 2. The van der Waals surface area contributed by atoms with Crippen LogP contribution in [0.3, 0.4) is 0 Å². The lowest BCUT2D eigenvalue weighted by Gasteiger charge is -2.19. The zero-order valence-electron chi connectivity index (χ0n) is 14.0. The van der Waals surface area contributed by atoms with Crippen LogP contribution in [-0.2, 0) is 0 Å². The first-order chi connectivity index (χ1) is 12.8. The highest BCUT2D eigenvalue weighted by Crippen LogP contribution is 2.35. The van der Waals surface area contributed by atoms with Gasteiger partial charge in [-0.25, -0.2) is 4.39 Å². The molecule has 2 unspecified atom stereocenters. The fourth-order valence-electron chi connectivity index (χ4n) is 3.07. The van der Waals surface area contributed by atoms with Crippen LogP contribution < -0.4 is 10.1 Å². The average molecular weight is 347 g/mol. The van der Waals surface area contributed by atoms with Gasteiger partial charge >= 0.3 is 0 Å². The number of hydrogen-bond acceptors (Lipinski definition) is 4. The molecule has 0 spiro atoms. The SMILES string of the molecule is Fc1cccc(OCC2=NC(c3cccnc3)C(c3ccccc3)N2)c1. The molecule has 2 heterocycles. The Labute approximate surface area is 151 Å². The van der Waals surface area contributed by atoms with Gasteiger partial charge in [-0.3, -0.25) is 9.98 Å². The second kappa shape index (κ2) is 7.35. The third-order valence-electron chi connectivity index (χ3n) is 4.29. The zero-order valence-corrected chi connectivity index (χ0v) is 14.0. The number of rotatable bonds is 5. The lowest BCUT2D eigenvalue weighted by molar-refractivity contribution is 0.370. The Morgan fingerprint density at radius 3 is 2.58 bits per heavy atom. The highest BCUT2D eigenvalue weighted by atomic mass is 19.1. The Morgan fingerprint density at radius 2 is 1.81 bits per heavy atom. The summed E-state index contributed by atoms with van der Waals surface area (Å²) in [5.41, 5.74) is 2.18. The predicted octanol–water partition coefficient (Wildman–Crippen LogP) is 4.08. The van der Waals surface area contributed by atoms with E-state index in [1.165, 1.54) is 12.1 Å². The highest BCUT2D eigenvalue weighted by molar-refractivity contribution is 5.86. The van der Waals surface area contributed by atoms with Crippen molar-refractivity contribution >= 4 is 5.84 Å². The molecule has 0 bridgehead atoms. The van der Waals surface area contributed by atoms with Gasteiger partial charge in [-0.1, -0.05) is 42.5 Å². The molecular weight excluding hydrogens is 329 g/mol. The van der Waals surface area contributed by atoms with E-state index >= 15 is 0 Å². The van der Waals surface area contributed by atoms with Crippen molar-refractivity contribution in [2.24, 2.45) is 4.99 Å². The van der Waals surface area contributed by atoms with Crippen LogP contribution in [-0.4, -0.2) is 17.4 Å². The maximum atomic E-state index is 13.3. The molecule has 1 aliphatic rings. The Balaban J connectivity index is 1.56. The van der Waals surface area contributed by atoms with Crippen molar-refractivity contribution in [1.29, 1.82) is 0 Å². The Morgan fingerprint density at radius 1 is 0.962 bits per heavy atom. The first kappa shape index (κ1) is 16.3. The van der Waals surface area contributed by atoms with Gasteiger partial charge in [-0.15, -0.1) is 0 Å². The molecule has 2 atom stereocenters. The summed E-state index contributed by atoms with van der Waals surface area (Å²) in [5.74, 6) is 0.895. The Hall–Kier alpha value is -3.21. The van der Waals surface area contributed by atoms with Gasteiger partial charge < -0.3 is 10.1 Å². The first-order valence-corrected chi connectivity index (χ1v) is 8.46. The molecule has 0 radical (unpaired) electrons. The number of ether oxygens (including phenoxy) is 1. The predicted molar refractivity (Wildman–Crippen MR) is 98.6 cm³/mol. The van der Waals surface area contributed by atoms with Crippen LogP contribution in [0.5, 0.6) is 5.75 Å². The number of aliphatic imine (C=N–C) groups is 1. The summed E-state index contributed by atoms with van der Waals surface area (Å²) in [5, 5.41) is 3.44. The van der Waals surface area contributed by atoms with Crippen LogP contribution in [0.4, 0.5) is 4.39 Å². The van der Waals surface area contributed by atoms with E-state index in [-0.39, 0.29) is 24.5 Å². The topological polar surface area (TPSA) is 46.5 Å². The van der Waals surface area contributed by atoms with Gasteiger partial charge in [-0.2, -0.15) is 0 Å². The molecule has 1 aromatic heterocycles. The molecule has 0 saturated heterocycles. The lowest BCUT2D eigenvalue weighted by Crippen LogP contribution is -2.28. The minimum atomic E-state index is -0.320. The second-order valence-electron chi connectivity index (χ2n) is 6.09. The molecule has 1 aliphatic heterocycles. The number of halogens is 1. The third kappa shape index (κ3) is 3.57. The maximum absolute atomic E-state index is 13.3. The number of amidine groups is 1.